The van der Waals surface area contributed by atoms with Crippen LogP contribution in [0.25, 0.3) is 0 Å². The number of carbonyl (C=O) groups excluding carboxylic acids is 1. The molecule has 1 amide bonds. The predicted octanol–water partition coefficient (Wildman–Crippen LogP) is 1.64. The van der Waals surface area contributed by atoms with E-state index in [1.807, 2.05) is 24.3 Å². The molecule has 18 heavy (non-hydrogen) atoms. The van der Waals surface area contributed by atoms with E-state index in [1.165, 1.54) is 5.56 Å². The van der Waals surface area contributed by atoms with Crippen LogP contribution in [0.15, 0.2) is 24.3 Å². The van der Waals surface area contributed by atoms with Gasteiger partial charge in [-0.3, -0.25) is 4.79 Å². The van der Waals surface area contributed by atoms with Crippen molar-refractivity contribution in [2.75, 3.05) is 11.9 Å². The minimum absolute atomic E-state index is 0.128. The first-order chi connectivity index (χ1) is 8.67. The van der Waals surface area contributed by atoms with E-state index in [9.17, 15) is 4.79 Å². The largest absolute Gasteiger partial charge is 0.330 e. The quantitative estimate of drug-likeness (QED) is 0.643. The number of hydrogen-bond acceptors (Lipinski definition) is 3. The Hall–Kier alpha value is -1.39. The number of nitrogens with one attached hydrogen (secondary N) is 1. The lowest BCUT2D eigenvalue weighted by Gasteiger charge is -2.12. The molecule has 0 aliphatic heterocycles. The lowest BCUT2D eigenvalue weighted by Crippen LogP contribution is -2.35. The van der Waals surface area contributed by atoms with Gasteiger partial charge in [-0.1, -0.05) is 25.5 Å². The number of hydrogen-bond donors (Lipinski definition) is 3. The predicted molar refractivity (Wildman–Crippen MR) is 75.3 cm³/mol. The summed E-state index contributed by atoms with van der Waals surface area (Å²) in [6.07, 6.45) is 3.47. The van der Waals surface area contributed by atoms with Gasteiger partial charge in [-0.15, -0.1) is 0 Å². The van der Waals surface area contributed by atoms with Crippen LogP contribution in [-0.4, -0.2) is 18.5 Å². The Bertz CT molecular complexity index is 362. The lowest BCUT2D eigenvalue weighted by molar-refractivity contribution is -0.117. The second-order valence-electron chi connectivity index (χ2n) is 4.43. The topological polar surface area (TPSA) is 81.1 Å². The molecule has 0 saturated heterocycles. The van der Waals surface area contributed by atoms with Gasteiger partial charge < -0.3 is 16.8 Å². The number of unbranched alkanes of at least 4 members (excludes halogenated alkanes) is 1. The second-order valence-corrected chi connectivity index (χ2v) is 4.43. The van der Waals surface area contributed by atoms with Gasteiger partial charge in [0.15, 0.2) is 0 Å². The van der Waals surface area contributed by atoms with Crippen molar-refractivity contribution < 1.29 is 4.79 Å². The fourth-order valence-electron chi connectivity index (χ4n) is 1.70. The SMILES string of the molecule is CCc1ccc(NC(=O)[C@@H](N)CCCCN)cc1. The summed E-state index contributed by atoms with van der Waals surface area (Å²) in [5, 5.41) is 2.82. The van der Waals surface area contributed by atoms with Gasteiger partial charge in [0.2, 0.25) is 5.91 Å². The van der Waals surface area contributed by atoms with Crippen molar-refractivity contribution in [3.05, 3.63) is 29.8 Å². The fourth-order valence-corrected chi connectivity index (χ4v) is 1.70. The van der Waals surface area contributed by atoms with Crippen LogP contribution in [0.1, 0.15) is 31.7 Å². The minimum Gasteiger partial charge on any atom is -0.330 e. The molecule has 4 heteroatoms. The summed E-state index contributed by atoms with van der Waals surface area (Å²) in [7, 11) is 0. The Morgan fingerprint density at radius 1 is 1.28 bits per heavy atom. The number of carbonyl (C=O) groups is 1. The number of rotatable bonds is 7. The van der Waals surface area contributed by atoms with Crippen molar-refractivity contribution in [3.63, 3.8) is 0 Å². The maximum Gasteiger partial charge on any atom is 0.241 e. The van der Waals surface area contributed by atoms with E-state index in [-0.39, 0.29) is 5.91 Å². The molecular weight excluding hydrogens is 226 g/mol. The molecule has 0 aliphatic rings. The Labute approximate surface area is 109 Å². The van der Waals surface area contributed by atoms with Crippen LogP contribution in [0.5, 0.6) is 0 Å². The third-order valence-corrected chi connectivity index (χ3v) is 2.94. The van der Waals surface area contributed by atoms with Gasteiger partial charge in [0.05, 0.1) is 6.04 Å². The first-order valence-corrected chi connectivity index (χ1v) is 6.52. The van der Waals surface area contributed by atoms with Crippen LogP contribution in [0.2, 0.25) is 0 Å². The second kappa shape index (κ2) is 7.84. The molecule has 0 unspecified atom stereocenters. The fraction of sp³-hybridized carbons (Fsp3) is 0.500. The zero-order chi connectivity index (χ0) is 13.4. The number of aryl methyl sites for hydroxylation is 1. The van der Waals surface area contributed by atoms with Gasteiger partial charge in [0.25, 0.3) is 0 Å². The molecule has 100 valence electrons. The summed E-state index contributed by atoms with van der Waals surface area (Å²) < 4.78 is 0. The molecule has 0 aliphatic carbocycles. The van der Waals surface area contributed by atoms with Crippen LogP contribution >= 0.6 is 0 Å². The molecule has 1 atom stereocenters. The third kappa shape index (κ3) is 4.85. The molecule has 4 nitrogen and oxygen atoms in total. The highest BCUT2D eigenvalue weighted by Gasteiger charge is 2.12. The van der Waals surface area contributed by atoms with E-state index in [0.29, 0.717) is 13.0 Å². The van der Waals surface area contributed by atoms with E-state index in [4.69, 9.17) is 11.5 Å². The molecule has 0 heterocycles. The zero-order valence-electron chi connectivity index (χ0n) is 11.0. The Balaban J connectivity index is 2.42. The Morgan fingerprint density at radius 2 is 1.94 bits per heavy atom. The minimum atomic E-state index is -0.456. The maximum atomic E-state index is 11.8. The van der Waals surface area contributed by atoms with Crippen molar-refractivity contribution in [2.45, 2.75) is 38.6 Å². The molecule has 1 rings (SSSR count). The molecule has 1 aromatic rings. The first kappa shape index (κ1) is 14.7. The Morgan fingerprint density at radius 3 is 2.50 bits per heavy atom. The average Bonchev–Trinajstić information content (AvgIpc) is 2.39. The monoisotopic (exact) mass is 249 g/mol. The summed E-state index contributed by atoms with van der Waals surface area (Å²) in [5.41, 5.74) is 13.3. The van der Waals surface area contributed by atoms with E-state index < -0.39 is 6.04 Å². The van der Waals surface area contributed by atoms with E-state index in [2.05, 4.69) is 12.2 Å². The molecule has 0 spiro atoms. The van der Waals surface area contributed by atoms with Crippen LogP contribution < -0.4 is 16.8 Å². The molecule has 5 N–H and O–H groups in total. The number of anilines is 1. The molecule has 0 fully saturated rings. The number of nitrogens with two attached hydrogens (primary N) is 2. The number of amides is 1. The van der Waals surface area contributed by atoms with Gasteiger partial charge >= 0.3 is 0 Å². The van der Waals surface area contributed by atoms with Gasteiger partial charge in [0, 0.05) is 5.69 Å². The van der Waals surface area contributed by atoms with Gasteiger partial charge in [0.1, 0.15) is 0 Å². The highest BCUT2D eigenvalue weighted by molar-refractivity contribution is 5.94. The highest BCUT2D eigenvalue weighted by atomic mass is 16.2. The molecule has 0 bridgehead atoms. The summed E-state index contributed by atoms with van der Waals surface area (Å²) in [6.45, 7) is 2.74. The average molecular weight is 249 g/mol. The van der Waals surface area contributed by atoms with Crippen LogP contribution in [-0.2, 0) is 11.2 Å². The van der Waals surface area contributed by atoms with Crippen molar-refractivity contribution in [1.82, 2.24) is 0 Å². The van der Waals surface area contributed by atoms with E-state index in [1.54, 1.807) is 0 Å². The summed E-state index contributed by atoms with van der Waals surface area (Å²) in [5.74, 6) is -0.128. The van der Waals surface area contributed by atoms with Crippen LogP contribution in [0.4, 0.5) is 5.69 Å². The van der Waals surface area contributed by atoms with Gasteiger partial charge in [-0.2, -0.15) is 0 Å². The standard InChI is InChI=1S/C14H23N3O/c1-2-11-6-8-12(9-7-11)17-14(18)13(16)5-3-4-10-15/h6-9,13H,2-5,10,15-16H2,1H3,(H,17,18)/t13-/m0/s1. The molecule has 0 radical (unpaired) electrons. The van der Waals surface area contributed by atoms with Gasteiger partial charge in [-0.25, -0.2) is 0 Å². The number of benzene rings is 1. The molecule has 0 aromatic heterocycles. The lowest BCUT2D eigenvalue weighted by atomic mass is 10.1. The van der Waals surface area contributed by atoms with Crippen LogP contribution in [0, 0.1) is 0 Å². The van der Waals surface area contributed by atoms with Crippen molar-refractivity contribution in [3.8, 4) is 0 Å². The first-order valence-electron chi connectivity index (χ1n) is 6.52. The summed E-state index contributed by atoms with van der Waals surface area (Å²) in [4.78, 5) is 11.8. The summed E-state index contributed by atoms with van der Waals surface area (Å²) >= 11 is 0. The third-order valence-electron chi connectivity index (χ3n) is 2.94. The van der Waals surface area contributed by atoms with Crippen LogP contribution in [0.3, 0.4) is 0 Å². The van der Waals surface area contributed by atoms with Crippen molar-refractivity contribution in [2.24, 2.45) is 11.5 Å². The molecular formula is C14H23N3O. The maximum absolute atomic E-state index is 11.8. The molecule has 1 aromatic carbocycles. The van der Waals surface area contributed by atoms with Crippen molar-refractivity contribution in [1.29, 1.82) is 0 Å². The Kier molecular flexibility index (Phi) is 6.39. The smallest absolute Gasteiger partial charge is 0.241 e. The van der Waals surface area contributed by atoms with E-state index >= 15 is 0 Å². The summed E-state index contributed by atoms with van der Waals surface area (Å²) in [6, 6.07) is 7.38. The van der Waals surface area contributed by atoms with E-state index in [0.717, 1.165) is 24.9 Å². The zero-order valence-corrected chi connectivity index (χ0v) is 11.0. The highest BCUT2D eigenvalue weighted by Crippen LogP contribution is 2.10. The normalized spacial score (nSPS) is 12.2. The van der Waals surface area contributed by atoms with Gasteiger partial charge in [-0.05, 0) is 43.5 Å². The molecule has 0 saturated carbocycles. The van der Waals surface area contributed by atoms with Crippen molar-refractivity contribution >= 4 is 11.6 Å².